The van der Waals surface area contributed by atoms with Gasteiger partial charge in [-0.3, -0.25) is 0 Å². The first kappa shape index (κ1) is 30.0. The van der Waals surface area contributed by atoms with Gasteiger partial charge in [-0.1, -0.05) is 27.7 Å². The van der Waals surface area contributed by atoms with Gasteiger partial charge < -0.3 is 24.5 Å². The minimum Gasteiger partial charge on any atom is -0.358 e. The van der Waals surface area contributed by atoms with Crippen LogP contribution in [-0.2, 0) is 32.7 Å². The summed E-state index contributed by atoms with van der Waals surface area (Å²) in [5, 5.41) is 0. The second-order valence-corrected chi connectivity index (χ2v) is 6.56. The third-order valence-corrected chi connectivity index (χ3v) is 3.16. The summed E-state index contributed by atoms with van der Waals surface area (Å²) in [5.74, 6) is 1.81. The van der Waals surface area contributed by atoms with Crippen LogP contribution in [0.3, 0.4) is 0 Å². The zero-order valence-corrected chi connectivity index (χ0v) is 19.2. The molecule has 1 atom stereocenters. The summed E-state index contributed by atoms with van der Waals surface area (Å²) in [5.41, 5.74) is 5.11. The van der Waals surface area contributed by atoms with E-state index in [-0.39, 0.29) is 40.1 Å². The van der Waals surface area contributed by atoms with Crippen LogP contribution in [0, 0.1) is 25.7 Å². The minimum atomic E-state index is 0. The average molecular weight is 375 g/mol. The molecule has 3 heteroatoms. The molecule has 0 bridgehead atoms. The van der Waals surface area contributed by atoms with E-state index in [0.717, 1.165) is 17.9 Å². The Kier molecular flexibility index (Phi) is 27.2. The van der Waals surface area contributed by atoms with E-state index in [4.69, 9.17) is 5.73 Å². The summed E-state index contributed by atoms with van der Waals surface area (Å²) in [6, 6.07) is 1.08. The molecule has 1 unspecified atom stereocenters. The van der Waals surface area contributed by atoms with E-state index in [1.165, 1.54) is 25.9 Å². The second kappa shape index (κ2) is 19.1. The van der Waals surface area contributed by atoms with Crippen molar-refractivity contribution in [3.63, 3.8) is 0 Å². The Morgan fingerprint density at radius 2 is 1.43 bits per heavy atom. The molecule has 21 heavy (non-hydrogen) atoms. The molecule has 0 spiro atoms. The van der Waals surface area contributed by atoms with Crippen molar-refractivity contribution in [1.29, 1.82) is 0 Å². The predicted molar refractivity (Wildman–Crippen MR) is 95.7 cm³/mol. The Hall–Kier alpha value is 1.02. The van der Waals surface area contributed by atoms with Crippen molar-refractivity contribution < 1.29 is 32.7 Å². The van der Waals surface area contributed by atoms with Gasteiger partial charge in [0.25, 0.3) is 0 Å². The van der Waals surface area contributed by atoms with E-state index in [0.29, 0.717) is 6.04 Å². The zero-order valence-electron chi connectivity index (χ0n) is 16.3. The first-order chi connectivity index (χ1) is 8.76. The van der Waals surface area contributed by atoms with E-state index < -0.39 is 0 Å². The summed E-state index contributed by atoms with van der Waals surface area (Å²) < 4.78 is 0. The molecule has 0 aromatic heterocycles. The molecule has 1 aliphatic heterocycles. The maximum absolute atomic E-state index is 5.11. The van der Waals surface area contributed by atoms with Gasteiger partial charge >= 0.3 is 0 Å². The SMILES string of the molecule is CC(C)C1CCCN(C(C)C)C1.CC(C)N.C[CH-]C.[CH3-].[Y]. The van der Waals surface area contributed by atoms with E-state index >= 15 is 0 Å². The fourth-order valence-electron chi connectivity index (χ4n) is 2.05. The van der Waals surface area contributed by atoms with Crippen LogP contribution >= 0.6 is 0 Å². The molecule has 1 saturated heterocycles. The molecule has 129 valence electrons. The van der Waals surface area contributed by atoms with Gasteiger partial charge in [-0.2, -0.15) is 13.8 Å². The first-order valence-electron chi connectivity index (χ1n) is 7.99. The third kappa shape index (κ3) is 21.0. The Bertz CT molecular complexity index is 165. The summed E-state index contributed by atoms with van der Waals surface area (Å²) >= 11 is 0. The van der Waals surface area contributed by atoms with Crippen molar-refractivity contribution >= 4 is 0 Å². The van der Waals surface area contributed by atoms with Crippen molar-refractivity contribution in [2.75, 3.05) is 13.1 Å². The van der Waals surface area contributed by atoms with Crippen molar-refractivity contribution in [3.05, 3.63) is 13.8 Å². The Labute approximate surface area is 161 Å². The number of likely N-dealkylation sites (tertiary alicyclic amines) is 1. The number of hydrogen-bond donors (Lipinski definition) is 1. The Morgan fingerprint density at radius 1 is 1.05 bits per heavy atom. The van der Waals surface area contributed by atoms with Gasteiger partial charge in [0.1, 0.15) is 0 Å². The van der Waals surface area contributed by atoms with E-state index in [2.05, 4.69) is 32.6 Å². The van der Waals surface area contributed by atoms with E-state index in [9.17, 15) is 0 Å². The van der Waals surface area contributed by atoms with Gasteiger partial charge in [-0.05, 0) is 51.1 Å². The largest absolute Gasteiger partial charge is 0.358 e. The first-order valence-corrected chi connectivity index (χ1v) is 7.99. The molecule has 1 heterocycles. The van der Waals surface area contributed by atoms with Gasteiger partial charge in [-0.15, -0.1) is 0 Å². The van der Waals surface area contributed by atoms with Crippen molar-refractivity contribution in [2.45, 2.75) is 80.3 Å². The predicted octanol–water partition coefficient (Wildman–Crippen LogP) is 4.79. The van der Waals surface area contributed by atoms with Crippen LogP contribution in [0.25, 0.3) is 0 Å². The number of rotatable bonds is 2. The monoisotopic (exact) mass is 375 g/mol. The smallest absolute Gasteiger partial charge is 0.00387 e. The zero-order chi connectivity index (χ0) is 15.4. The minimum absolute atomic E-state index is 0. The van der Waals surface area contributed by atoms with Gasteiger partial charge in [0, 0.05) is 45.3 Å². The molecule has 0 amide bonds. The molecule has 0 aromatic carbocycles. The van der Waals surface area contributed by atoms with Gasteiger partial charge in [0.15, 0.2) is 0 Å². The normalized spacial score (nSPS) is 18.0. The van der Waals surface area contributed by atoms with Crippen LogP contribution in [0.4, 0.5) is 0 Å². The van der Waals surface area contributed by atoms with Crippen LogP contribution in [0.2, 0.25) is 0 Å². The van der Waals surface area contributed by atoms with E-state index in [1.54, 1.807) is 0 Å². The summed E-state index contributed by atoms with van der Waals surface area (Å²) in [6.07, 6.45) is 4.85. The van der Waals surface area contributed by atoms with Crippen LogP contribution in [-0.4, -0.2) is 30.1 Å². The maximum atomic E-state index is 5.11. The molecule has 1 aliphatic rings. The number of nitrogens with zero attached hydrogens (tertiary/aromatic N) is 1. The van der Waals surface area contributed by atoms with Crippen molar-refractivity contribution in [1.82, 2.24) is 4.90 Å². The molecule has 0 saturated carbocycles. The van der Waals surface area contributed by atoms with Crippen LogP contribution in [0.5, 0.6) is 0 Å². The standard InChI is InChI=1S/C11H23N.C3H9N.C3H7.CH3.Y/c1-9(2)11-6-5-7-12(8-11)10(3)4;1-3(2)4;1-3-2;;/h9-11H,5-8H2,1-4H3;3H,4H2,1-2H3;3H,1-2H3;1H3;/q;;2*-1;. The quantitative estimate of drug-likeness (QED) is 0.703. The second-order valence-electron chi connectivity index (χ2n) is 6.56. The van der Waals surface area contributed by atoms with Crippen LogP contribution < -0.4 is 5.73 Å². The maximum Gasteiger partial charge on any atom is 0.00387 e. The van der Waals surface area contributed by atoms with Crippen LogP contribution in [0.1, 0.15) is 68.2 Å². The molecule has 1 rings (SSSR count). The van der Waals surface area contributed by atoms with E-state index in [1.807, 2.05) is 34.1 Å². The summed E-state index contributed by atoms with van der Waals surface area (Å²) in [6.45, 7) is 19.9. The van der Waals surface area contributed by atoms with Crippen molar-refractivity contribution in [2.24, 2.45) is 17.6 Å². The Balaban J connectivity index is -0.000000138. The molecule has 1 radical (unpaired) electrons. The number of hydrogen-bond acceptors (Lipinski definition) is 2. The van der Waals surface area contributed by atoms with Crippen molar-refractivity contribution in [3.8, 4) is 0 Å². The topological polar surface area (TPSA) is 29.3 Å². The Morgan fingerprint density at radius 3 is 1.71 bits per heavy atom. The molecule has 0 aromatic rings. The molecular formula is C18H42N2Y-2. The summed E-state index contributed by atoms with van der Waals surface area (Å²) in [7, 11) is 0. The number of piperidine rings is 1. The van der Waals surface area contributed by atoms with Gasteiger partial charge in [0.2, 0.25) is 0 Å². The van der Waals surface area contributed by atoms with Gasteiger partial charge in [-0.25, -0.2) is 0 Å². The fraction of sp³-hybridized carbons (Fsp3) is 0.889. The average Bonchev–Trinajstić information content (AvgIpc) is 2.29. The molecule has 0 aliphatic carbocycles. The molecule has 2 nitrogen and oxygen atoms in total. The third-order valence-electron chi connectivity index (χ3n) is 3.16. The molecule has 1 fully saturated rings. The van der Waals surface area contributed by atoms with Crippen LogP contribution in [0.15, 0.2) is 0 Å². The van der Waals surface area contributed by atoms with Gasteiger partial charge in [0.05, 0.1) is 0 Å². The summed E-state index contributed by atoms with van der Waals surface area (Å²) in [4.78, 5) is 2.62. The number of nitrogens with two attached hydrogens (primary N) is 1. The molecule has 2 N–H and O–H groups in total. The fourth-order valence-corrected chi connectivity index (χ4v) is 2.05. The molecular weight excluding hydrogens is 333 g/mol.